The van der Waals surface area contributed by atoms with E-state index in [9.17, 15) is 4.79 Å². The standard InChI is InChI=1S/C17H21N3O2/c18-12-14-2-4-16(5-3-14)19-7-1-8-20(10-9-19)17(21)15-6-11-22-13-15/h2-5,15H,1,6-11,13H2/t15-/m1/s1. The minimum absolute atomic E-state index is 0.0569. The van der Waals surface area contributed by atoms with Crippen molar-refractivity contribution in [3.63, 3.8) is 0 Å². The van der Waals surface area contributed by atoms with E-state index in [1.165, 1.54) is 0 Å². The first-order valence-corrected chi connectivity index (χ1v) is 7.89. The minimum Gasteiger partial charge on any atom is -0.381 e. The second-order valence-corrected chi connectivity index (χ2v) is 5.89. The van der Waals surface area contributed by atoms with Crippen LogP contribution in [0.5, 0.6) is 0 Å². The van der Waals surface area contributed by atoms with Gasteiger partial charge in [0.25, 0.3) is 0 Å². The SMILES string of the molecule is N#Cc1ccc(N2CCCN(C(=O)[C@@H]3CCOC3)CC2)cc1. The summed E-state index contributed by atoms with van der Waals surface area (Å²) in [7, 11) is 0. The molecule has 0 radical (unpaired) electrons. The van der Waals surface area contributed by atoms with E-state index in [0.29, 0.717) is 18.8 Å². The third-order valence-corrected chi connectivity index (χ3v) is 4.45. The fourth-order valence-electron chi connectivity index (χ4n) is 3.13. The molecule has 0 aromatic heterocycles. The molecule has 0 saturated carbocycles. The van der Waals surface area contributed by atoms with Gasteiger partial charge in [0, 0.05) is 38.5 Å². The summed E-state index contributed by atoms with van der Waals surface area (Å²) >= 11 is 0. The number of anilines is 1. The Balaban J connectivity index is 1.61. The zero-order chi connectivity index (χ0) is 15.4. The monoisotopic (exact) mass is 299 g/mol. The molecule has 2 saturated heterocycles. The number of nitrogens with zero attached hydrogens (tertiary/aromatic N) is 3. The molecular formula is C17H21N3O2. The first kappa shape index (κ1) is 14.9. The van der Waals surface area contributed by atoms with Crippen LogP contribution in [-0.2, 0) is 9.53 Å². The van der Waals surface area contributed by atoms with Crippen LogP contribution in [0.2, 0.25) is 0 Å². The zero-order valence-electron chi connectivity index (χ0n) is 12.7. The predicted molar refractivity (Wildman–Crippen MR) is 83.5 cm³/mol. The van der Waals surface area contributed by atoms with Gasteiger partial charge in [0.2, 0.25) is 5.91 Å². The fraction of sp³-hybridized carbons (Fsp3) is 0.529. The highest BCUT2D eigenvalue weighted by molar-refractivity contribution is 5.79. The molecule has 116 valence electrons. The molecule has 5 nitrogen and oxygen atoms in total. The summed E-state index contributed by atoms with van der Waals surface area (Å²) in [5, 5.41) is 8.87. The number of nitriles is 1. The Morgan fingerprint density at radius 3 is 2.68 bits per heavy atom. The number of hydrogen-bond donors (Lipinski definition) is 0. The normalized spacial score (nSPS) is 22.2. The Bertz CT molecular complexity index is 558. The van der Waals surface area contributed by atoms with Crippen LogP contribution in [0.15, 0.2) is 24.3 Å². The van der Waals surface area contributed by atoms with Gasteiger partial charge in [-0.2, -0.15) is 5.26 Å². The largest absolute Gasteiger partial charge is 0.381 e. The van der Waals surface area contributed by atoms with E-state index in [4.69, 9.17) is 10.00 Å². The van der Waals surface area contributed by atoms with Crippen molar-refractivity contribution in [2.75, 3.05) is 44.3 Å². The highest BCUT2D eigenvalue weighted by Gasteiger charge is 2.29. The van der Waals surface area contributed by atoms with Crippen LogP contribution < -0.4 is 4.90 Å². The maximum absolute atomic E-state index is 12.5. The maximum atomic E-state index is 12.5. The summed E-state index contributed by atoms with van der Waals surface area (Å²) in [5.41, 5.74) is 1.80. The molecule has 0 N–H and O–H groups in total. The molecule has 2 aliphatic rings. The second-order valence-electron chi connectivity index (χ2n) is 5.89. The van der Waals surface area contributed by atoms with Crippen LogP contribution >= 0.6 is 0 Å². The molecule has 0 spiro atoms. The molecule has 22 heavy (non-hydrogen) atoms. The van der Waals surface area contributed by atoms with Gasteiger partial charge in [-0.15, -0.1) is 0 Å². The van der Waals surface area contributed by atoms with Crippen LogP contribution in [-0.4, -0.2) is 50.2 Å². The first-order valence-electron chi connectivity index (χ1n) is 7.89. The highest BCUT2D eigenvalue weighted by atomic mass is 16.5. The van der Waals surface area contributed by atoms with Crippen molar-refractivity contribution >= 4 is 11.6 Å². The van der Waals surface area contributed by atoms with E-state index >= 15 is 0 Å². The smallest absolute Gasteiger partial charge is 0.228 e. The van der Waals surface area contributed by atoms with E-state index in [0.717, 1.165) is 44.7 Å². The van der Waals surface area contributed by atoms with E-state index in [2.05, 4.69) is 11.0 Å². The molecule has 1 aromatic carbocycles. The highest BCUT2D eigenvalue weighted by Crippen LogP contribution is 2.20. The minimum atomic E-state index is 0.0569. The molecule has 1 aromatic rings. The van der Waals surface area contributed by atoms with Crippen LogP contribution in [0.4, 0.5) is 5.69 Å². The molecule has 3 rings (SSSR count). The zero-order valence-corrected chi connectivity index (χ0v) is 12.7. The van der Waals surface area contributed by atoms with Crippen molar-refractivity contribution in [1.82, 2.24) is 4.90 Å². The van der Waals surface area contributed by atoms with E-state index < -0.39 is 0 Å². The van der Waals surface area contributed by atoms with Gasteiger partial charge in [-0.05, 0) is 37.1 Å². The quantitative estimate of drug-likeness (QED) is 0.833. The topological polar surface area (TPSA) is 56.6 Å². The van der Waals surface area contributed by atoms with Crippen LogP contribution in [0.3, 0.4) is 0 Å². The van der Waals surface area contributed by atoms with Crippen molar-refractivity contribution in [3.05, 3.63) is 29.8 Å². The molecule has 0 bridgehead atoms. The summed E-state index contributed by atoms with van der Waals surface area (Å²) in [6.45, 7) is 4.65. The average Bonchev–Trinajstić information content (AvgIpc) is 2.99. The van der Waals surface area contributed by atoms with Crippen molar-refractivity contribution in [1.29, 1.82) is 5.26 Å². The first-order chi connectivity index (χ1) is 10.8. The molecule has 5 heteroatoms. The summed E-state index contributed by atoms with van der Waals surface area (Å²) in [6.07, 6.45) is 1.83. The number of benzene rings is 1. The molecule has 2 aliphatic heterocycles. The van der Waals surface area contributed by atoms with Crippen LogP contribution in [0.1, 0.15) is 18.4 Å². The third-order valence-electron chi connectivity index (χ3n) is 4.45. The predicted octanol–water partition coefficient (Wildman–Crippen LogP) is 1.63. The maximum Gasteiger partial charge on any atom is 0.228 e. The Hall–Kier alpha value is -2.06. The van der Waals surface area contributed by atoms with Crippen molar-refractivity contribution in [2.45, 2.75) is 12.8 Å². The van der Waals surface area contributed by atoms with E-state index in [1.807, 2.05) is 29.2 Å². The molecule has 0 unspecified atom stereocenters. The molecule has 2 heterocycles. The Kier molecular flexibility index (Phi) is 4.59. The number of carbonyl (C=O) groups is 1. The number of ether oxygens (including phenoxy) is 1. The lowest BCUT2D eigenvalue weighted by Crippen LogP contribution is -2.39. The Morgan fingerprint density at radius 2 is 2.00 bits per heavy atom. The summed E-state index contributed by atoms with van der Waals surface area (Å²) < 4.78 is 5.33. The van der Waals surface area contributed by atoms with E-state index in [-0.39, 0.29) is 11.8 Å². The lowest BCUT2D eigenvalue weighted by molar-refractivity contribution is -0.135. The molecule has 0 aliphatic carbocycles. The Morgan fingerprint density at radius 1 is 1.18 bits per heavy atom. The van der Waals surface area contributed by atoms with Gasteiger partial charge in [0.15, 0.2) is 0 Å². The van der Waals surface area contributed by atoms with Gasteiger partial charge < -0.3 is 14.5 Å². The van der Waals surface area contributed by atoms with E-state index in [1.54, 1.807) is 0 Å². The molecular weight excluding hydrogens is 278 g/mol. The molecule has 1 amide bonds. The molecule has 1 atom stereocenters. The van der Waals surface area contributed by atoms with Gasteiger partial charge in [-0.1, -0.05) is 0 Å². The lowest BCUT2D eigenvalue weighted by atomic mass is 10.1. The van der Waals surface area contributed by atoms with Gasteiger partial charge in [-0.25, -0.2) is 0 Å². The number of rotatable bonds is 2. The molecule has 2 fully saturated rings. The van der Waals surface area contributed by atoms with Crippen molar-refractivity contribution < 1.29 is 9.53 Å². The summed E-state index contributed by atoms with van der Waals surface area (Å²) in [5.74, 6) is 0.306. The fourth-order valence-corrected chi connectivity index (χ4v) is 3.13. The van der Waals surface area contributed by atoms with Gasteiger partial charge in [0.1, 0.15) is 0 Å². The van der Waals surface area contributed by atoms with Crippen molar-refractivity contribution in [2.24, 2.45) is 5.92 Å². The third kappa shape index (κ3) is 3.23. The lowest BCUT2D eigenvalue weighted by Gasteiger charge is -2.25. The summed E-state index contributed by atoms with van der Waals surface area (Å²) in [6, 6.07) is 9.81. The van der Waals surface area contributed by atoms with Gasteiger partial charge in [-0.3, -0.25) is 4.79 Å². The Labute approximate surface area is 131 Å². The number of amides is 1. The van der Waals surface area contributed by atoms with Crippen molar-refractivity contribution in [3.8, 4) is 6.07 Å². The number of hydrogen-bond acceptors (Lipinski definition) is 4. The van der Waals surface area contributed by atoms with Crippen LogP contribution in [0.25, 0.3) is 0 Å². The summed E-state index contributed by atoms with van der Waals surface area (Å²) in [4.78, 5) is 16.8. The second kappa shape index (κ2) is 6.80. The van der Waals surface area contributed by atoms with Crippen LogP contribution in [0, 0.1) is 17.2 Å². The number of carbonyl (C=O) groups excluding carboxylic acids is 1. The average molecular weight is 299 g/mol. The van der Waals surface area contributed by atoms with Gasteiger partial charge in [0.05, 0.1) is 24.2 Å². The van der Waals surface area contributed by atoms with Gasteiger partial charge >= 0.3 is 0 Å².